The minimum Gasteiger partial charge on any atom is -0.465 e. The van der Waals surface area contributed by atoms with E-state index in [2.05, 4.69) is 106 Å². The van der Waals surface area contributed by atoms with Gasteiger partial charge in [-0.3, -0.25) is 5.32 Å². The molecule has 1 aromatic heterocycles. The van der Waals surface area contributed by atoms with E-state index in [9.17, 15) is 0 Å². The van der Waals surface area contributed by atoms with E-state index in [4.69, 9.17) is 19.5 Å². The lowest BCUT2D eigenvalue weighted by atomic mass is 9.76. The number of fused-ring (bicyclic) bond motifs is 1. The van der Waals surface area contributed by atoms with Crippen LogP contribution in [0.15, 0.2) is 46.5 Å². The summed E-state index contributed by atoms with van der Waals surface area (Å²) in [6, 6.07) is 12.9. The lowest BCUT2D eigenvalue weighted by molar-refractivity contribution is -0.0742. The summed E-state index contributed by atoms with van der Waals surface area (Å²) in [6.07, 6.45) is 1.68. The fourth-order valence-corrected chi connectivity index (χ4v) is 5.12. The highest BCUT2D eigenvalue weighted by atomic mass is 16.7. The zero-order valence-corrected chi connectivity index (χ0v) is 29.4. The number of aryl methyl sites for hydroxylation is 1. The van der Waals surface area contributed by atoms with Crippen molar-refractivity contribution in [2.24, 2.45) is 10.1 Å². The standard InChI is InChI=1S/C36H53N7O2/c1-13-35(7,8)27-15-18-31(29(20-27)36(9,10)14-2)45-26(6)44-22-37-21-24(4)33-39-34-32(25(5)40-43(34)41-33)38-30-17-16-28(42(11)12)19-23(30)3/h15-20,24,26,37H,13-14,21-22H2,1-12H3. The molecule has 1 aliphatic rings. The Bertz CT molecular complexity index is 1550. The van der Waals surface area contributed by atoms with Gasteiger partial charge in [-0.2, -0.15) is 5.10 Å². The zero-order valence-electron chi connectivity index (χ0n) is 29.4. The van der Waals surface area contributed by atoms with Gasteiger partial charge in [-0.05, 0) is 79.8 Å². The van der Waals surface area contributed by atoms with Crippen LogP contribution in [0.25, 0.3) is 0 Å². The van der Waals surface area contributed by atoms with E-state index in [1.165, 1.54) is 11.1 Å². The van der Waals surface area contributed by atoms with Crippen molar-refractivity contribution < 1.29 is 9.47 Å². The molecule has 0 spiro atoms. The van der Waals surface area contributed by atoms with Gasteiger partial charge in [-0.15, -0.1) is 9.89 Å². The van der Waals surface area contributed by atoms with Crippen molar-refractivity contribution in [2.45, 2.75) is 105 Å². The third kappa shape index (κ3) is 7.82. The maximum atomic E-state index is 6.34. The van der Waals surface area contributed by atoms with E-state index in [-0.39, 0.29) is 16.7 Å². The van der Waals surface area contributed by atoms with Crippen molar-refractivity contribution >= 4 is 22.8 Å². The number of hydrogen-bond acceptors (Lipinski definition) is 8. The summed E-state index contributed by atoms with van der Waals surface area (Å²) in [4.78, 5) is 13.4. The van der Waals surface area contributed by atoms with E-state index >= 15 is 0 Å². The van der Waals surface area contributed by atoms with Crippen molar-refractivity contribution in [2.75, 3.05) is 32.3 Å². The quantitative estimate of drug-likeness (QED) is 0.149. The Morgan fingerprint density at radius 2 is 1.69 bits per heavy atom. The summed E-state index contributed by atoms with van der Waals surface area (Å²) >= 11 is 0. The van der Waals surface area contributed by atoms with Crippen molar-refractivity contribution in [1.29, 1.82) is 0 Å². The Labute approximate surface area is 270 Å². The normalized spacial score (nSPS) is 15.6. The largest absolute Gasteiger partial charge is 0.465 e. The molecule has 0 aliphatic carbocycles. The first-order chi connectivity index (χ1) is 21.2. The predicted molar refractivity (Wildman–Crippen MR) is 186 cm³/mol. The molecule has 0 fully saturated rings. The summed E-state index contributed by atoms with van der Waals surface area (Å²) in [6.45, 7) is 22.6. The topological polar surface area (TPSA) is 89.2 Å². The molecule has 0 saturated carbocycles. The van der Waals surface area contributed by atoms with E-state index in [1.54, 1.807) is 4.79 Å². The summed E-state index contributed by atoms with van der Waals surface area (Å²) in [7, 11) is 4.07. The van der Waals surface area contributed by atoms with Gasteiger partial charge in [-0.25, -0.2) is 9.98 Å². The fourth-order valence-electron chi connectivity index (χ4n) is 5.12. The van der Waals surface area contributed by atoms with Gasteiger partial charge in [0.25, 0.3) is 0 Å². The molecule has 2 atom stereocenters. The highest BCUT2D eigenvalue weighted by Gasteiger charge is 2.28. The van der Waals surface area contributed by atoms with Crippen LogP contribution in [0.3, 0.4) is 0 Å². The van der Waals surface area contributed by atoms with Crippen LogP contribution < -0.4 is 15.0 Å². The Hall–Kier alpha value is -3.56. The first kappa shape index (κ1) is 34.3. The first-order valence-corrected chi connectivity index (χ1v) is 16.2. The number of ether oxygens (including phenoxy) is 2. The third-order valence-corrected chi connectivity index (χ3v) is 9.20. The molecule has 0 saturated heterocycles. The molecule has 3 aromatic rings. The van der Waals surface area contributed by atoms with Crippen molar-refractivity contribution in [3.05, 3.63) is 64.7 Å². The second-order valence-electron chi connectivity index (χ2n) is 13.7. The number of benzene rings is 2. The molecule has 1 N–H and O–H groups in total. The maximum Gasteiger partial charge on any atom is 0.204 e. The minimum atomic E-state index is -0.412. The molecule has 244 valence electrons. The van der Waals surface area contributed by atoms with Crippen LogP contribution in [0, 0.1) is 6.92 Å². The predicted octanol–water partition coefficient (Wildman–Crippen LogP) is 7.48. The lowest BCUT2D eigenvalue weighted by Crippen LogP contribution is -2.29. The second kappa shape index (κ2) is 13.8. The number of nitrogens with zero attached hydrogens (tertiary/aromatic N) is 6. The number of hydrogen-bond donors (Lipinski definition) is 1. The molecule has 0 bridgehead atoms. The summed E-state index contributed by atoms with van der Waals surface area (Å²) < 4.78 is 12.4. The minimum absolute atomic E-state index is 0.0108. The molecule has 0 amide bonds. The summed E-state index contributed by atoms with van der Waals surface area (Å²) in [5.41, 5.74) is 7.35. The number of rotatable bonds is 14. The van der Waals surface area contributed by atoms with Gasteiger partial charge in [0.15, 0.2) is 12.1 Å². The van der Waals surface area contributed by atoms with Crippen LogP contribution in [0.1, 0.15) is 109 Å². The van der Waals surface area contributed by atoms with Gasteiger partial charge in [0, 0.05) is 37.8 Å². The zero-order chi connectivity index (χ0) is 33.1. The highest BCUT2D eigenvalue weighted by Crippen LogP contribution is 2.39. The Morgan fingerprint density at radius 1 is 0.978 bits per heavy atom. The molecule has 9 heteroatoms. The number of aliphatic imine (C=N–C) groups is 1. The SMILES string of the molecule is CCC(C)(C)c1ccc(OC(C)OCNCC(C)c2nc3n(n2)N=C(C)C3=Nc2ccc(N(C)C)cc2C)c(C(C)(C)CC)c1. The maximum absolute atomic E-state index is 6.34. The second-order valence-corrected chi connectivity index (χ2v) is 13.7. The van der Waals surface area contributed by atoms with Crippen LogP contribution in [0.5, 0.6) is 5.75 Å². The molecule has 2 heterocycles. The van der Waals surface area contributed by atoms with E-state index < -0.39 is 6.29 Å². The Balaban J connectivity index is 1.36. The number of anilines is 1. The van der Waals surface area contributed by atoms with Crippen molar-refractivity contribution in [3.63, 3.8) is 0 Å². The number of aromatic nitrogens is 3. The monoisotopic (exact) mass is 615 g/mol. The number of nitrogens with one attached hydrogen (secondary N) is 1. The molecule has 9 nitrogen and oxygen atoms in total. The van der Waals surface area contributed by atoms with Crippen LogP contribution >= 0.6 is 0 Å². The van der Waals surface area contributed by atoms with Gasteiger partial charge < -0.3 is 14.4 Å². The van der Waals surface area contributed by atoms with E-state index in [0.29, 0.717) is 24.9 Å². The van der Waals surface area contributed by atoms with Crippen LogP contribution in [0.2, 0.25) is 0 Å². The smallest absolute Gasteiger partial charge is 0.204 e. The average Bonchev–Trinajstić information content (AvgIpc) is 3.53. The fraction of sp³-hybridized carbons (Fsp3) is 0.556. The van der Waals surface area contributed by atoms with E-state index in [0.717, 1.165) is 47.0 Å². The molecular weight excluding hydrogens is 562 g/mol. The van der Waals surface area contributed by atoms with Crippen LogP contribution in [-0.2, 0) is 15.6 Å². The Morgan fingerprint density at radius 3 is 2.33 bits per heavy atom. The first-order valence-electron chi connectivity index (χ1n) is 16.2. The third-order valence-electron chi connectivity index (χ3n) is 9.20. The molecule has 45 heavy (non-hydrogen) atoms. The van der Waals surface area contributed by atoms with Gasteiger partial charge in [0.1, 0.15) is 18.2 Å². The van der Waals surface area contributed by atoms with Crippen molar-refractivity contribution in [1.82, 2.24) is 20.2 Å². The van der Waals surface area contributed by atoms with Crippen molar-refractivity contribution in [3.8, 4) is 5.75 Å². The summed E-state index contributed by atoms with van der Waals surface area (Å²) in [5.74, 6) is 2.31. The van der Waals surface area contributed by atoms with Gasteiger partial charge in [-0.1, -0.05) is 60.6 Å². The van der Waals surface area contributed by atoms with Crippen LogP contribution in [0.4, 0.5) is 11.4 Å². The summed E-state index contributed by atoms with van der Waals surface area (Å²) in [5, 5.41) is 12.6. The highest BCUT2D eigenvalue weighted by molar-refractivity contribution is 6.48. The molecule has 0 radical (unpaired) electrons. The molecule has 2 aromatic carbocycles. The van der Waals surface area contributed by atoms with Gasteiger partial charge in [0.05, 0.1) is 11.4 Å². The molecule has 2 unspecified atom stereocenters. The van der Waals surface area contributed by atoms with Crippen LogP contribution in [-0.4, -0.2) is 60.0 Å². The average molecular weight is 616 g/mol. The Kier molecular flexibility index (Phi) is 10.5. The van der Waals surface area contributed by atoms with Gasteiger partial charge >= 0.3 is 0 Å². The van der Waals surface area contributed by atoms with Gasteiger partial charge in [0.2, 0.25) is 5.82 Å². The molecular formula is C36H53N7O2. The van der Waals surface area contributed by atoms with E-state index in [1.807, 2.05) is 34.0 Å². The molecule has 1 aliphatic heterocycles. The lowest BCUT2D eigenvalue weighted by Gasteiger charge is -2.31. The molecule has 4 rings (SSSR count).